The molecule has 0 unspecified atom stereocenters. The molecule has 0 fully saturated rings. The molecular formula is C24H21F3O. The van der Waals surface area contributed by atoms with Crippen molar-refractivity contribution in [1.82, 2.24) is 0 Å². The van der Waals surface area contributed by atoms with Gasteiger partial charge in [-0.1, -0.05) is 56.3 Å². The van der Waals surface area contributed by atoms with Crippen LogP contribution in [0.3, 0.4) is 0 Å². The molecular weight excluding hydrogens is 361 g/mol. The van der Waals surface area contributed by atoms with E-state index in [0.717, 1.165) is 18.4 Å². The number of hydrogen-bond donors (Lipinski definition) is 0. The summed E-state index contributed by atoms with van der Waals surface area (Å²) < 4.78 is 49.6. The van der Waals surface area contributed by atoms with Crippen molar-refractivity contribution < 1.29 is 17.9 Å². The number of benzene rings is 3. The number of hydrogen-bond acceptors (Lipinski definition) is 1. The third-order valence-electron chi connectivity index (χ3n) is 4.47. The zero-order valence-electron chi connectivity index (χ0n) is 15.6. The van der Waals surface area contributed by atoms with Gasteiger partial charge in [0.1, 0.15) is 18.2 Å². The van der Waals surface area contributed by atoms with Gasteiger partial charge in [-0.15, -0.1) is 0 Å². The van der Waals surface area contributed by atoms with E-state index in [1.807, 2.05) is 6.92 Å². The lowest BCUT2D eigenvalue weighted by Crippen LogP contribution is -1.94. The predicted octanol–water partition coefficient (Wildman–Crippen LogP) is 7.26. The molecule has 3 rings (SSSR count). The van der Waals surface area contributed by atoms with Gasteiger partial charge in [0, 0.05) is 16.5 Å². The summed E-state index contributed by atoms with van der Waals surface area (Å²) in [7, 11) is 0. The summed E-state index contributed by atoms with van der Waals surface area (Å²) in [6.45, 7) is 5.94. The molecule has 4 heteroatoms. The monoisotopic (exact) mass is 382 g/mol. The molecule has 0 bridgehead atoms. The molecule has 3 aromatic carbocycles. The van der Waals surface area contributed by atoms with Crippen LogP contribution in [0.25, 0.3) is 22.4 Å². The van der Waals surface area contributed by atoms with Gasteiger partial charge < -0.3 is 4.74 Å². The minimum absolute atomic E-state index is 0.0880. The maximum absolute atomic E-state index is 14.8. The molecule has 0 aromatic heterocycles. The van der Waals surface area contributed by atoms with Crippen LogP contribution in [0.2, 0.25) is 0 Å². The smallest absolute Gasteiger partial charge is 0.169 e. The number of rotatable bonds is 7. The van der Waals surface area contributed by atoms with Crippen LogP contribution in [0.4, 0.5) is 13.2 Å². The highest BCUT2D eigenvalue weighted by Crippen LogP contribution is 2.34. The molecule has 1 nitrogen and oxygen atoms in total. The highest BCUT2D eigenvalue weighted by Gasteiger charge is 2.17. The van der Waals surface area contributed by atoms with Crippen molar-refractivity contribution in [3.8, 4) is 5.75 Å². The fourth-order valence-corrected chi connectivity index (χ4v) is 3.04. The molecule has 0 aliphatic heterocycles. The van der Waals surface area contributed by atoms with Crippen LogP contribution in [0, 0.1) is 5.82 Å². The number of halogens is 3. The van der Waals surface area contributed by atoms with Gasteiger partial charge in [0.05, 0.1) is 0 Å². The number of ether oxygens (including phenoxy) is 1. The average Bonchev–Trinajstić information content (AvgIpc) is 2.72. The Morgan fingerprint density at radius 2 is 1.75 bits per heavy atom. The summed E-state index contributed by atoms with van der Waals surface area (Å²) in [5, 5.41) is 0.740. The Kier molecular flexibility index (Phi) is 6.19. The van der Waals surface area contributed by atoms with E-state index in [1.165, 1.54) is 24.3 Å². The predicted molar refractivity (Wildman–Crippen MR) is 109 cm³/mol. The van der Waals surface area contributed by atoms with Crippen LogP contribution in [-0.2, 0) is 6.42 Å². The summed E-state index contributed by atoms with van der Waals surface area (Å²) in [5.74, 6) is -2.54. The van der Waals surface area contributed by atoms with Gasteiger partial charge in [-0.25, -0.2) is 13.2 Å². The van der Waals surface area contributed by atoms with Gasteiger partial charge in [-0.2, -0.15) is 0 Å². The van der Waals surface area contributed by atoms with Crippen molar-refractivity contribution in [2.75, 3.05) is 6.61 Å². The molecule has 0 amide bonds. The summed E-state index contributed by atoms with van der Waals surface area (Å²) in [4.78, 5) is 0. The molecule has 0 spiro atoms. The highest BCUT2D eigenvalue weighted by molar-refractivity contribution is 5.91. The molecule has 0 saturated heterocycles. The van der Waals surface area contributed by atoms with Gasteiger partial charge in [-0.05, 0) is 41.6 Å². The molecule has 28 heavy (non-hydrogen) atoms. The zero-order chi connectivity index (χ0) is 20.1. The number of aryl methyl sites for hydroxylation is 1. The standard InChI is InChI=1S/C24H21F3O/c1-3-5-16-6-8-17(9-7-16)22(25)24(27)21-12-10-18-15-19(28-14-4-2)11-13-20(18)23(21)26/h4,6-13,15H,2-3,5,14H2,1H3. The minimum atomic E-state index is -1.21. The average molecular weight is 382 g/mol. The molecule has 0 atom stereocenters. The second-order valence-corrected chi connectivity index (χ2v) is 6.48. The summed E-state index contributed by atoms with van der Waals surface area (Å²) in [5.41, 5.74) is 0.734. The maximum atomic E-state index is 14.8. The Bertz CT molecular complexity index is 1020. The van der Waals surface area contributed by atoms with Crippen LogP contribution in [0.5, 0.6) is 5.75 Å². The first kappa shape index (κ1) is 19.7. The third-order valence-corrected chi connectivity index (χ3v) is 4.47. The van der Waals surface area contributed by atoms with Crippen LogP contribution in [0.1, 0.15) is 30.0 Å². The van der Waals surface area contributed by atoms with Crippen molar-refractivity contribution in [3.05, 3.63) is 89.8 Å². The van der Waals surface area contributed by atoms with E-state index in [1.54, 1.807) is 36.4 Å². The minimum Gasteiger partial charge on any atom is -0.490 e. The van der Waals surface area contributed by atoms with E-state index in [2.05, 4.69) is 6.58 Å². The van der Waals surface area contributed by atoms with Gasteiger partial charge in [0.2, 0.25) is 0 Å². The van der Waals surface area contributed by atoms with Gasteiger partial charge in [0.15, 0.2) is 11.7 Å². The van der Waals surface area contributed by atoms with Crippen LogP contribution < -0.4 is 4.74 Å². The van der Waals surface area contributed by atoms with Gasteiger partial charge >= 0.3 is 0 Å². The van der Waals surface area contributed by atoms with E-state index in [9.17, 15) is 13.2 Å². The van der Waals surface area contributed by atoms with E-state index >= 15 is 0 Å². The van der Waals surface area contributed by atoms with Crippen molar-refractivity contribution >= 4 is 22.4 Å². The Morgan fingerprint density at radius 1 is 1.00 bits per heavy atom. The van der Waals surface area contributed by atoms with Crippen molar-refractivity contribution in [1.29, 1.82) is 0 Å². The van der Waals surface area contributed by atoms with Crippen LogP contribution >= 0.6 is 0 Å². The first-order chi connectivity index (χ1) is 13.5. The second-order valence-electron chi connectivity index (χ2n) is 6.48. The molecule has 3 aromatic rings. The van der Waals surface area contributed by atoms with Gasteiger partial charge in [0.25, 0.3) is 0 Å². The van der Waals surface area contributed by atoms with Crippen LogP contribution in [0.15, 0.2) is 67.3 Å². The second kappa shape index (κ2) is 8.79. The Hall–Kier alpha value is -3.01. The topological polar surface area (TPSA) is 9.23 Å². The molecule has 0 N–H and O–H groups in total. The molecule has 0 radical (unpaired) electrons. The molecule has 0 heterocycles. The molecule has 144 valence electrons. The van der Waals surface area contributed by atoms with Crippen molar-refractivity contribution in [3.63, 3.8) is 0 Å². The Labute approximate surface area is 162 Å². The lowest BCUT2D eigenvalue weighted by atomic mass is 10.0. The van der Waals surface area contributed by atoms with Crippen molar-refractivity contribution in [2.45, 2.75) is 19.8 Å². The Balaban J connectivity index is 1.97. The first-order valence-corrected chi connectivity index (χ1v) is 9.16. The lowest BCUT2D eigenvalue weighted by Gasteiger charge is -2.09. The lowest BCUT2D eigenvalue weighted by molar-refractivity contribution is 0.364. The molecule has 0 aliphatic carbocycles. The summed E-state index contributed by atoms with van der Waals surface area (Å²) in [6.07, 6.45) is 3.44. The third kappa shape index (κ3) is 4.11. The number of fused-ring (bicyclic) bond motifs is 1. The highest BCUT2D eigenvalue weighted by atomic mass is 19.2. The van der Waals surface area contributed by atoms with E-state index < -0.39 is 23.0 Å². The fourth-order valence-electron chi connectivity index (χ4n) is 3.04. The Morgan fingerprint density at radius 3 is 2.43 bits per heavy atom. The normalized spacial score (nSPS) is 12.0. The molecule has 0 aliphatic rings. The zero-order valence-corrected chi connectivity index (χ0v) is 15.6. The first-order valence-electron chi connectivity index (χ1n) is 9.16. The summed E-state index contributed by atoms with van der Waals surface area (Å²) >= 11 is 0. The maximum Gasteiger partial charge on any atom is 0.169 e. The van der Waals surface area contributed by atoms with Crippen molar-refractivity contribution in [2.24, 2.45) is 0 Å². The van der Waals surface area contributed by atoms with Crippen LogP contribution in [-0.4, -0.2) is 6.61 Å². The summed E-state index contributed by atoms with van der Waals surface area (Å²) in [6, 6.07) is 14.1. The fraction of sp³-hybridized carbons (Fsp3) is 0.167. The quantitative estimate of drug-likeness (QED) is 0.309. The van der Waals surface area contributed by atoms with E-state index in [4.69, 9.17) is 4.74 Å². The van der Waals surface area contributed by atoms with E-state index in [-0.39, 0.29) is 10.9 Å². The largest absolute Gasteiger partial charge is 0.490 e. The van der Waals surface area contributed by atoms with E-state index in [0.29, 0.717) is 17.7 Å². The van der Waals surface area contributed by atoms with Gasteiger partial charge in [-0.3, -0.25) is 0 Å². The SMILES string of the molecule is C=CCOc1ccc2c(F)c(C(F)=C(F)c3ccc(CCC)cc3)ccc2c1. The molecule has 0 saturated carbocycles.